The van der Waals surface area contributed by atoms with E-state index in [1.165, 1.54) is 58.0 Å². The van der Waals surface area contributed by atoms with Crippen LogP contribution in [0.2, 0.25) is 0 Å². The van der Waals surface area contributed by atoms with Crippen molar-refractivity contribution in [3.05, 3.63) is 0 Å². The van der Waals surface area contributed by atoms with E-state index < -0.39 is 0 Å². The van der Waals surface area contributed by atoms with E-state index in [0.717, 1.165) is 12.2 Å². The zero-order valence-corrected chi connectivity index (χ0v) is 13.8. The summed E-state index contributed by atoms with van der Waals surface area (Å²) in [5.74, 6) is 0.997. The molecule has 1 atom stereocenters. The monoisotopic (exact) mass is 287 g/mol. The number of nitrogens with zero attached hydrogens (tertiary/aromatic N) is 1. The van der Waals surface area contributed by atoms with Crippen LogP contribution in [0.3, 0.4) is 0 Å². The van der Waals surface area contributed by atoms with Crippen molar-refractivity contribution in [1.29, 1.82) is 0 Å². The zero-order valence-electron chi connectivity index (χ0n) is 12.9. The third-order valence-corrected chi connectivity index (χ3v) is 5.32. The second-order valence-electron chi connectivity index (χ2n) is 6.29. The first kappa shape index (κ1) is 17.3. The van der Waals surface area contributed by atoms with Gasteiger partial charge in [0.15, 0.2) is 0 Å². The maximum atomic E-state index is 9.26. The van der Waals surface area contributed by atoms with Crippen LogP contribution >= 0.6 is 12.6 Å². The Morgan fingerprint density at radius 2 is 1.89 bits per heavy atom. The second kappa shape index (κ2) is 9.25. The van der Waals surface area contributed by atoms with Gasteiger partial charge in [-0.3, -0.25) is 4.90 Å². The average molecular weight is 288 g/mol. The molecule has 0 spiro atoms. The molecule has 2 nitrogen and oxygen atoms in total. The third kappa shape index (κ3) is 5.28. The fourth-order valence-corrected chi connectivity index (χ4v) is 4.14. The maximum Gasteiger partial charge on any atom is 0.0445 e. The molecule has 114 valence electrons. The number of hydrogen-bond acceptors (Lipinski definition) is 3. The molecule has 0 radical (unpaired) electrons. The molecule has 0 saturated carbocycles. The summed E-state index contributed by atoms with van der Waals surface area (Å²) in [5.41, 5.74) is 0.387. The maximum absolute atomic E-state index is 9.26. The molecule has 1 aliphatic rings. The van der Waals surface area contributed by atoms with Crippen LogP contribution < -0.4 is 0 Å². The minimum Gasteiger partial charge on any atom is -0.396 e. The second-order valence-corrected chi connectivity index (χ2v) is 6.61. The molecule has 0 amide bonds. The lowest BCUT2D eigenvalue weighted by atomic mass is 9.79. The van der Waals surface area contributed by atoms with Crippen LogP contribution in [0.25, 0.3) is 0 Å². The van der Waals surface area contributed by atoms with Crippen molar-refractivity contribution in [3.63, 3.8) is 0 Å². The van der Waals surface area contributed by atoms with Crippen molar-refractivity contribution in [2.24, 2.45) is 5.41 Å². The normalized spacial score (nSPS) is 21.8. The molecule has 0 aromatic rings. The fourth-order valence-electron chi connectivity index (χ4n) is 3.73. The summed E-state index contributed by atoms with van der Waals surface area (Å²) in [6.45, 7) is 7.30. The predicted molar refractivity (Wildman–Crippen MR) is 87.0 cm³/mol. The van der Waals surface area contributed by atoms with Gasteiger partial charge in [-0.1, -0.05) is 33.1 Å². The van der Waals surface area contributed by atoms with Gasteiger partial charge in [-0.25, -0.2) is 0 Å². The van der Waals surface area contributed by atoms with Gasteiger partial charge in [-0.2, -0.15) is 12.6 Å². The minimum absolute atomic E-state index is 0.330. The first-order valence-corrected chi connectivity index (χ1v) is 8.80. The molecule has 0 aromatic carbocycles. The van der Waals surface area contributed by atoms with Crippen LogP contribution in [0.15, 0.2) is 0 Å². The van der Waals surface area contributed by atoms with Gasteiger partial charge in [0.25, 0.3) is 0 Å². The summed E-state index contributed by atoms with van der Waals surface area (Å²) in [5, 5.41) is 9.26. The predicted octanol–water partition coefficient (Wildman–Crippen LogP) is 3.74. The van der Waals surface area contributed by atoms with E-state index >= 15 is 0 Å². The van der Waals surface area contributed by atoms with Gasteiger partial charge in [-0.15, -0.1) is 0 Å². The van der Waals surface area contributed by atoms with Crippen LogP contribution in [0.4, 0.5) is 0 Å². The summed E-state index contributed by atoms with van der Waals surface area (Å²) < 4.78 is 0. The molecule has 1 unspecified atom stereocenters. The van der Waals surface area contributed by atoms with Crippen molar-refractivity contribution < 1.29 is 5.11 Å². The number of thiol groups is 1. The standard InChI is InChI=1S/C16H33NOS/c1-3-9-16(14-19,10-4-2)13-17-11-6-5-7-15(17)8-12-18/h15,18-19H,3-14H2,1-2H3. The Morgan fingerprint density at radius 3 is 2.42 bits per heavy atom. The quantitative estimate of drug-likeness (QED) is 0.631. The third-order valence-electron chi connectivity index (χ3n) is 4.65. The number of rotatable bonds is 9. The van der Waals surface area contributed by atoms with E-state index in [2.05, 4.69) is 31.4 Å². The molecule has 1 fully saturated rings. The van der Waals surface area contributed by atoms with Gasteiger partial charge >= 0.3 is 0 Å². The molecule has 19 heavy (non-hydrogen) atoms. The number of piperidine rings is 1. The van der Waals surface area contributed by atoms with Gasteiger partial charge in [0.05, 0.1) is 0 Å². The highest BCUT2D eigenvalue weighted by Gasteiger charge is 2.32. The topological polar surface area (TPSA) is 23.5 Å². The molecule has 1 rings (SSSR count). The van der Waals surface area contributed by atoms with Crippen LogP contribution in [0.5, 0.6) is 0 Å². The number of aliphatic hydroxyl groups excluding tert-OH is 1. The molecule has 1 saturated heterocycles. The summed E-state index contributed by atoms with van der Waals surface area (Å²) in [7, 11) is 0. The zero-order chi connectivity index (χ0) is 14.1. The Balaban J connectivity index is 2.68. The smallest absolute Gasteiger partial charge is 0.0445 e. The Hall–Kier alpha value is 0.270. The molecule has 0 aliphatic carbocycles. The summed E-state index contributed by atoms with van der Waals surface area (Å²) in [6, 6.07) is 0.603. The van der Waals surface area contributed by atoms with E-state index in [9.17, 15) is 5.11 Å². The number of likely N-dealkylation sites (tertiary alicyclic amines) is 1. The Bertz CT molecular complexity index is 227. The molecular formula is C16H33NOS. The van der Waals surface area contributed by atoms with E-state index in [0.29, 0.717) is 18.1 Å². The lowest BCUT2D eigenvalue weighted by molar-refractivity contribution is 0.0659. The van der Waals surface area contributed by atoms with Crippen molar-refractivity contribution in [3.8, 4) is 0 Å². The molecule has 1 aliphatic heterocycles. The summed E-state index contributed by atoms with van der Waals surface area (Å²) in [4.78, 5) is 2.65. The van der Waals surface area contributed by atoms with E-state index in [-0.39, 0.29) is 0 Å². The van der Waals surface area contributed by atoms with E-state index in [4.69, 9.17) is 0 Å². The molecule has 0 bridgehead atoms. The van der Waals surface area contributed by atoms with Crippen LogP contribution in [0, 0.1) is 5.41 Å². The molecular weight excluding hydrogens is 254 g/mol. The van der Waals surface area contributed by atoms with Crippen LogP contribution in [-0.4, -0.2) is 41.5 Å². The molecule has 1 heterocycles. The molecule has 1 N–H and O–H groups in total. The molecule has 3 heteroatoms. The number of hydrogen-bond donors (Lipinski definition) is 2. The Kier molecular flexibility index (Phi) is 8.43. The first-order chi connectivity index (χ1) is 9.21. The Labute approximate surface area is 125 Å². The fraction of sp³-hybridized carbons (Fsp3) is 1.00. The van der Waals surface area contributed by atoms with Crippen LogP contribution in [-0.2, 0) is 0 Å². The lowest BCUT2D eigenvalue weighted by Crippen LogP contribution is -2.47. The van der Waals surface area contributed by atoms with Crippen molar-refractivity contribution in [2.75, 3.05) is 25.4 Å². The van der Waals surface area contributed by atoms with Crippen molar-refractivity contribution in [2.45, 2.75) is 71.3 Å². The lowest BCUT2D eigenvalue weighted by Gasteiger charge is -2.43. The Morgan fingerprint density at radius 1 is 1.21 bits per heavy atom. The summed E-state index contributed by atoms with van der Waals surface area (Å²) in [6.07, 6.45) is 9.93. The highest BCUT2D eigenvalue weighted by molar-refractivity contribution is 7.80. The van der Waals surface area contributed by atoms with Crippen LogP contribution in [0.1, 0.15) is 65.2 Å². The van der Waals surface area contributed by atoms with E-state index in [1.807, 2.05) is 0 Å². The molecule has 0 aromatic heterocycles. The van der Waals surface area contributed by atoms with Gasteiger partial charge in [0.1, 0.15) is 0 Å². The summed E-state index contributed by atoms with van der Waals surface area (Å²) >= 11 is 4.67. The van der Waals surface area contributed by atoms with Crippen molar-refractivity contribution >= 4 is 12.6 Å². The largest absolute Gasteiger partial charge is 0.396 e. The number of aliphatic hydroxyl groups is 1. The minimum atomic E-state index is 0.330. The van der Waals surface area contributed by atoms with Gasteiger partial charge < -0.3 is 5.11 Å². The van der Waals surface area contributed by atoms with Gasteiger partial charge in [0, 0.05) is 19.2 Å². The first-order valence-electron chi connectivity index (χ1n) is 8.17. The highest BCUT2D eigenvalue weighted by Crippen LogP contribution is 2.34. The van der Waals surface area contributed by atoms with E-state index in [1.54, 1.807) is 0 Å². The van der Waals surface area contributed by atoms with Gasteiger partial charge in [0.2, 0.25) is 0 Å². The average Bonchev–Trinajstić information content (AvgIpc) is 2.42. The van der Waals surface area contributed by atoms with Gasteiger partial charge in [-0.05, 0) is 49.8 Å². The van der Waals surface area contributed by atoms with Crippen molar-refractivity contribution in [1.82, 2.24) is 4.90 Å². The highest BCUT2D eigenvalue weighted by atomic mass is 32.1. The SMILES string of the molecule is CCCC(CS)(CCC)CN1CCCCC1CCO.